The van der Waals surface area contributed by atoms with Crippen molar-refractivity contribution >= 4 is 11.6 Å². The van der Waals surface area contributed by atoms with Crippen LogP contribution in [0.1, 0.15) is 22.1 Å². The Morgan fingerprint density at radius 1 is 1.17 bits per heavy atom. The van der Waals surface area contributed by atoms with E-state index in [1.165, 1.54) is 0 Å². The third-order valence-electron chi connectivity index (χ3n) is 4.09. The van der Waals surface area contributed by atoms with E-state index in [1.54, 1.807) is 21.0 Å². The highest BCUT2D eigenvalue weighted by Crippen LogP contribution is 2.28. The Balaban J connectivity index is 1.69. The predicted molar refractivity (Wildman–Crippen MR) is 87.1 cm³/mol. The van der Waals surface area contributed by atoms with Gasteiger partial charge in [-0.05, 0) is 19.1 Å². The number of hydrogen-bond acceptors (Lipinski definition) is 5. The van der Waals surface area contributed by atoms with E-state index in [0.717, 1.165) is 24.5 Å². The molecule has 0 radical (unpaired) electrons. The van der Waals surface area contributed by atoms with Gasteiger partial charge in [-0.1, -0.05) is 12.1 Å². The minimum absolute atomic E-state index is 0.0808. The van der Waals surface area contributed by atoms with Gasteiger partial charge in [-0.3, -0.25) is 4.79 Å². The first-order valence-corrected chi connectivity index (χ1v) is 7.71. The molecule has 1 amide bonds. The number of para-hydroxylation sites is 2. The number of amides is 1. The summed E-state index contributed by atoms with van der Waals surface area (Å²) < 4.78 is 10.9. The molecule has 122 valence electrons. The molecule has 1 saturated heterocycles. The van der Waals surface area contributed by atoms with E-state index in [4.69, 9.17) is 9.15 Å². The Hall–Kier alpha value is -2.50. The molecule has 1 aliphatic heterocycles. The van der Waals surface area contributed by atoms with Crippen LogP contribution in [0.3, 0.4) is 0 Å². The molecule has 2 aromatic rings. The number of methoxy groups -OCH3 is 1. The van der Waals surface area contributed by atoms with Crippen LogP contribution in [0.2, 0.25) is 0 Å². The Morgan fingerprint density at radius 3 is 2.48 bits per heavy atom. The predicted octanol–water partition coefficient (Wildman–Crippen LogP) is 2.26. The number of rotatable bonds is 3. The number of carbonyl (C=O) groups excluding carboxylic acids is 1. The fourth-order valence-corrected chi connectivity index (χ4v) is 2.91. The van der Waals surface area contributed by atoms with E-state index in [1.807, 2.05) is 29.2 Å². The molecule has 0 saturated carbocycles. The highest BCUT2D eigenvalue weighted by atomic mass is 16.5. The molecular formula is C17H21N3O3. The molecule has 0 unspecified atom stereocenters. The summed E-state index contributed by atoms with van der Waals surface area (Å²) in [7, 11) is 1.67. The second-order valence-corrected chi connectivity index (χ2v) is 5.60. The van der Waals surface area contributed by atoms with Gasteiger partial charge in [-0.25, -0.2) is 4.98 Å². The summed E-state index contributed by atoms with van der Waals surface area (Å²) in [6.45, 7) is 6.38. The molecule has 1 aromatic heterocycles. The van der Waals surface area contributed by atoms with E-state index in [9.17, 15) is 4.79 Å². The summed E-state index contributed by atoms with van der Waals surface area (Å²) in [5.74, 6) is 1.66. The maximum absolute atomic E-state index is 12.5. The highest BCUT2D eigenvalue weighted by Gasteiger charge is 2.27. The van der Waals surface area contributed by atoms with Crippen molar-refractivity contribution in [1.29, 1.82) is 0 Å². The number of nitrogens with zero attached hydrogens (tertiary/aromatic N) is 3. The number of oxazole rings is 1. The van der Waals surface area contributed by atoms with Crippen LogP contribution in [0.25, 0.3) is 0 Å². The van der Waals surface area contributed by atoms with Crippen LogP contribution >= 0.6 is 0 Å². The first kappa shape index (κ1) is 15.4. The fraction of sp³-hybridized carbons (Fsp3) is 0.412. The lowest BCUT2D eigenvalue weighted by molar-refractivity contribution is 0.0712. The standard InChI is InChI=1S/C17H21N3O3/c1-12-16(23-13(2)18-12)17(21)20-10-8-19(9-11-20)14-6-4-5-7-15(14)22-3/h4-7H,8-11H2,1-3H3. The molecule has 0 bridgehead atoms. The summed E-state index contributed by atoms with van der Waals surface area (Å²) in [6, 6.07) is 7.95. The number of anilines is 1. The SMILES string of the molecule is COc1ccccc1N1CCN(C(=O)c2oc(C)nc2C)CC1. The number of aryl methyl sites for hydroxylation is 2. The van der Waals surface area contributed by atoms with Gasteiger partial charge in [-0.2, -0.15) is 0 Å². The number of benzene rings is 1. The van der Waals surface area contributed by atoms with Gasteiger partial charge < -0.3 is 19.0 Å². The lowest BCUT2D eigenvalue weighted by Gasteiger charge is -2.36. The van der Waals surface area contributed by atoms with Crippen LogP contribution in [0, 0.1) is 13.8 Å². The average molecular weight is 315 g/mol. The highest BCUT2D eigenvalue weighted by molar-refractivity contribution is 5.92. The van der Waals surface area contributed by atoms with Crippen LogP contribution in [0.15, 0.2) is 28.7 Å². The Labute approximate surface area is 135 Å². The van der Waals surface area contributed by atoms with Crippen molar-refractivity contribution < 1.29 is 13.9 Å². The molecule has 0 spiro atoms. The Bertz CT molecular complexity index is 703. The lowest BCUT2D eigenvalue weighted by atomic mass is 10.2. The van der Waals surface area contributed by atoms with E-state index in [0.29, 0.717) is 30.4 Å². The van der Waals surface area contributed by atoms with Crippen molar-refractivity contribution in [2.24, 2.45) is 0 Å². The third kappa shape index (κ3) is 3.02. The lowest BCUT2D eigenvalue weighted by Crippen LogP contribution is -2.49. The minimum Gasteiger partial charge on any atom is -0.495 e. The van der Waals surface area contributed by atoms with Crippen molar-refractivity contribution in [3.63, 3.8) is 0 Å². The summed E-state index contributed by atoms with van der Waals surface area (Å²) in [5, 5.41) is 0. The zero-order valence-electron chi connectivity index (χ0n) is 13.7. The molecule has 1 aromatic carbocycles. The molecule has 3 rings (SSSR count). The summed E-state index contributed by atoms with van der Waals surface area (Å²) in [4.78, 5) is 20.8. The van der Waals surface area contributed by atoms with Gasteiger partial charge in [0, 0.05) is 33.1 Å². The third-order valence-corrected chi connectivity index (χ3v) is 4.09. The fourth-order valence-electron chi connectivity index (χ4n) is 2.91. The van der Waals surface area contributed by atoms with Gasteiger partial charge in [-0.15, -0.1) is 0 Å². The first-order chi connectivity index (χ1) is 11.1. The second kappa shape index (κ2) is 6.32. The van der Waals surface area contributed by atoms with Gasteiger partial charge >= 0.3 is 0 Å². The molecule has 2 heterocycles. The van der Waals surface area contributed by atoms with Gasteiger partial charge in [0.15, 0.2) is 5.89 Å². The molecule has 0 N–H and O–H groups in total. The topological polar surface area (TPSA) is 58.8 Å². The Morgan fingerprint density at radius 2 is 1.87 bits per heavy atom. The van der Waals surface area contributed by atoms with E-state index < -0.39 is 0 Å². The molecule has 0 atom stereocenters. The van der Waals surface area contributed by atoms with Crippen molar-refractivity contribution in [2.75, 3.05) is 38.2 Å². The monoisotopic (exact) mass is 315 g/mol. The summed E-state index contributed by atoms with van der Waals surface area (Å²) in [5.41, 5.74) is 1.72. The number of hydrogen-bond donors (Lipinski definition) is 0. The van der Waals surface area contributed by atoms with Gasteiger partial charge in [0.2, 0.25) is 5.76 Å². The number of carbonyl (C=O) groups is 1. The molecule has 1 fully saturated rings. The molecule has 23 heavy (non-hydrogen) atoms. The minimum atomic E-state index is -0.0808. The van der Waals surface area contributed by atoms with Crippen LogP contribution < -0.4 is 9.64 Å². The maximum Gasteiger partial charge on any atom is 0.291 e. The number of piperazine rings is 1. The summed E-state index contributed by atoms with van der Waals surface area (Å²) >= 11 is 0. The Kier molecular flexibility index (Phi) is 4.23. The van der Waals surface area contributed by atoms with E-state index in [-0.39, 0.29) is 5.91 Å². The van der Waals surface area contributed by atoms with Crippen molar-refractivity contribution in [3.05, 3.63) is 41.6 Å². The maximum atomic E-state index is 12.5. The van der Waals surface area contributed by atoms with Crippen LogP contribution in [-0.4, -0.2) is 49.1 Å². The smallest absolute Gasteiger partial charge is 0.291 e. The van der Waals surface area contributed by atoms with Crippen molar-refractivity contribution in [2.45, 2.75) is 13.8 Å². The molecule has 6 heteroatoms. The van der Waals surface area contributed by atoms with E-state index in [2.05, 4.69) is 9.88 Å². The molecular weight excluding hydrogens is 294 g/mol. The van der Waals surface area contributed by atoms with E-state index >= 15 is 0 Å². The zero-order chi connectivity index (χ0) is 16.4. The number of aromatic nitrogens is 1. The van der Waals surface area contributed by atoms with Crippen molar-refractivity contribution in [3.8, 4) is 5.75 Å². The molecule has 1 aliphatic rings. The second-order valence-electron chi connectivity index (χ2n) is 5.60. The quantitative estimate of drug-likeness (QED) is 0.869. The first-order valence-electron chi connectivity index (χ1n) is 7.71. The van der Waals surface area contributed by atoms with Crippen LogP contribution in [-0.2, 0) is 0 Å². The van der Waals surface area contributed by atoms with Gasteiger partial charge in [0.25, 0.3) is 5.91 Å². The molecule has 0 aliphatic carbocycles. The van der Waals surface area contributed by atoms with Crippen LogP contribution in [0.4, 0.5) is 5.69 Å². The van der Waals surface area contributed by atoms with Gasteiger partial charge in [0.05, 0.1) is 18.5 Å². The van der Waals surface area contributed by atoms with Gasteiger partial charge in [0.1, 0.15) is 5.75 Å². The van der Waals surface area contributed by atoms with Crippen molar-refractivity contribution in [1.82, 2.24) is 9.88 Å². The number of ether oxygens (including phenoxy) is 1. The largest absolute Gasteiger partial charge is 0.495 e. The summed E-state index contributed by atoms with van der Waals surface area (Å²) in [6.07, 6.45) is 0. The zero-order valence-corrected chi connectivity index (χ0v) is 13.7. The average Bonchev–Trinajstić information content (AvgIpc) is 2.92. The molecule has 6 nitrogen and oxygen atoms in total. The normalized spacial score (nSPS) is 14.9. The van der Waals surface area contributed by atoms with Crippen LogP contribution in [0.5, 0.6) is 5.75 Å².